The summed E-state index contributed by atoms with van der Waals surface area (Å²) in [7, 11) is 0. The van der Waals surface area contributed by atoms with Gasteiger partial charge in [0.1, 0.15) is 13.2 Å². The Morgan fingerprint density at radius 2 is 1.52 bits per heavy atom. The lowest BCUT2D eigenvalue weighted by atomic mass is 9.94. The predicted octanol–water partition coefficient (Wildman–Crippen LogP) is 1.57. The van der Waals surface area contributed by atoms with Gasteiger partial charge in [0.05, 0.1) is 32.3 Å². The molecule has 2 bridgehead atoms. The second-order valence-corrected chi connectivity index (χ2v) is 6.75. The van der Waals surface area contributed by atoms with Crippen LogP contribution in [0.3, 0.4) is 0 Å². The maximum Gasteiger partial charge on any atom is 0.309 e. The Labute approximate surface area is 158 Å². The second kappa shape index (κ2) is 11.7. The number of esters is 2. The molecular weight excluding hydrogens is 356 g/mol. The van der Waals surface area contributed by atoms with Crippen molar-refractivity contribution in [2.24, 2.45) is 17.8 Å². The lowest BCUT2D eigenvalue weighted by molar-refractivity contribution is -0.151. The van der Waals surface area contributed by atoms with Crippen molar-refractivity contribution in [3.05, 3.63) is 12.2 Å². The van der Waals surface area contributed by atoms with Gasteiger partial charge < -0.3 is 24.1 Å². The molecule has 0 aromatic rings. The molecule has 2 rings (SSSR count). The van der Waals surface area contributed by atoms with Gasteiger partial charge in [-0.2, -0.15) is 0 Å². The highest BCUT2D eigenvalue weighted by Gasteiger charge is 2.40. The normalized spacial score (nSPS) is 22.7. The molecule has 0 heterocycles. The first-order chi connectivity index (χ1) is 13.1. The second-order valence-electron chi connectivity index (χ2n) is 6.75. The fourth-order valence-corrected chi connectivity index (χ4v) is 3.35. The van der Waals surface area contributed by atoms with Crippen molar-refractivity contribution >= 4 is 17.9 Å². The monoisotopic (exact) mass is 384 g/mol. The largest absolute Gasteiger partial charge is 0.481 e. The summed E-state index contributed by atoms with van der Waals surface area (Å²) in [6.45, 7) is 1.65. The van der Waals surface area contributed by atoms with E-state index in [4.69, 9.17) is 24.1 Å². The van der Waals surface area contributed by atoms with Crippen molar-refractivity contribution in [1.82, 2.24) is 0 Å². The first-order valence-corrected chi connectivity index (χ1v) is 9.44. The molecule has 1 fully saturated rings. The number of carboxylic acid groups (broad SMARTS) is 1. The number of carboxylic acids is 1. The third-order valence-corrected chi connectivity index (χ3v) is 4.69. The topological polar surface area (TPSA) is 108 Å². The minimum absolute atomic E-state index is 0.00942. The van der Waals surface area contributed by atoms with Gasteiger partial charge in [0.2, 0.25) is 0 Å². The summed E-state index contributed by atoms with van der Waals surface area (Å²) in [4.78, 5) is 33.6. The number of ether oxygens (including phenoxy) is 4. The van der Waals surface area contributed by atoms with Crippen LogP contribution in [0.25, 0.3) is 0 Å². The third kappa shape index (κ3) is 8.09. The van der Waals surface area contributed by atoms with Crippen LogP contribution < -0.4 is 0 Å². The third-order valence-electron chi connectivity index (χ3n) is 4.69. The first kappa shape index (κ1) is 21.4. The highest BCUT2D eigenvalue weighted by atomic mass is 16.6. The summed E-state index contributed by atoms with van der Waals surface area (Å²) in [6.07, 6.45) is 6.61. The zero-order valence-electron chi connectivity index (χ0n) is 15.5. The van der Waals surface area contributed by atoms with Gasteiger partial charge in [0.15, 0.2) is 0 Å². The minimum atomic E-state index is -0.927. The average molecular weight is 384 g/mol. The van der Waals surface area contributed by atoms with Crippen LogP contribution in [0, 0.1) is 17.8 Å². The Morgan fingerprint density at radius 1 is 0.852 bits per heavy atom. The van der Waals surface area contributed by atoms with Gasteiger partial charge in [-0.3, -0.25) is 14.4 Å². The standard InChI is InChI=1S/C19H28O8/c20-17(21)2-1-3-18(22)26-10-8-24-6-7-25-9-11-27-19(23)16-13-14-4-5-15(16)12-14/h4-5,14-16H,1-3,6-13H2,(H,20,21)/t14-,15+,16?/m1/s1. The molecule has 1 N–H and O–H groups in total. The Bertz CT molecular complexity index is 530. The predicted molar refractivity (Wildman–Crippen MR) is 93.9 cm³/mol. The number of hydrogen-bond donors (Lipinski definition) is 1. The number of fused-ring (bicyclic) bond motifs is 2. The van der Waals surface area contributed by atoms with Crippen LogP contribution in [0.4, 0.5) is 0 Å². The molecule has 2 aliphatic rings. The smallest absolute Gasteiger partial charge is 0.309 e. The Kier molecular flexibility index (Phi) is 9.27. The zero-order valence-corrected chi connectivity index (χ0v) is 15.5. The summed E-state index contributed by atoms with van der Waals surface area (Å²) < 4.78 is 20.8. The van der Waals surface area contributed by atoms with Crippen molar-refractivity contribution in [3.63, 3.8) is 0 Å². The maximum atomic E-state index is 12.0. The number of hydrogen-bond acceptors (Lipinski definition) is 7. The van der Waals surface area contributed by atoms with E-state index >= 15 is 0 Å². The van der Waals surface area contributed by atoms with E-state index in [0.717, 1.165) is 12.8 Å². The van der Waals surface area contributed by atoms with Gasteiger partial charge >= 0.3 is 17.9 Å². The van der Waals surface area contributed by atoms with E-state index in [1.54, 1.807) is 0 Å². The van der Waals surface area contributed by atoms with Crippen LogP contribution in [0.1, 0.15) is 32.1 Å². The molecule has 1 unspecified atom stereocenters. The highest BCUT2D eigenvalue weighted by Crippen LogP contribution is 2.43. The van der Waals surface area contributed by atoms with E-state index in [2.05, 4.69) is 12.2 Å². The number of carbonyl (C=O) groups excluding carboxylic acids is 2. The van der Waals surface area contributed by atoms with Crippen LogP contribution in [0.5, 0.6) is 0 Å². The van der Waals surface area contributed by atoms with E-state index in [1.165, 1.54) is 0 Å². The molecule has 27 heavy (non-hydrogen) atoms. The fourth-order valence-electron chi connectivity index (χ4n) is 3.35. The summed E-state index contributed by atoms with van der Waals surface area (Å²) in [5.74, 6) is -0.576. The lowest BCUT2D eigenvalue weighted by Gasteiger charge is -2.16. The van der Waals surface area contributed by atoms with Crippen LogP contribution in [0.2, 0.25) is 0 Å². The van der Waals surface area contributed by atoms with E-state index in [9.17, 15) is 14.4 Å². The average Bonchev–Trinajstić information content (AvgIpc) is 3.26. The molecule has 0 amide bonds. The molecule has 2 aliphatic carbocycles. The highest BCUT2D eigenvalue weighted by molar-refractivity contribution is 5.74. The van der Waals surface area contributed by atoms with Crippen molar-refractivity contribution in [1.29, 1.82) is 0 Å². The Balaban J connectivity index is 1.34. The van der Waals surface area contributed by atoms with Crippen molar-refractivity contribution < 1.29 is 38.4 Å². The van der Waals surface area contributed by atoms with Crippen molar-refractivity contribution in [2.75, 3.05) is 39.6 Å². The number of carbonyl (C=O) groups is 3. The van der Waals surface area contributed by atoms with Gasteiger partial charge in [0.25, 0.3) is 0 Å². The summed E-state index contributed by atoms with van der Waals surface area (Å²) in [5, 5.41) is 8.46. The lowest BCUT2D eigenvalue weighted by Crippen LogP contribution is -2.23. The SMILES string of the molecule is O=C(O)CCCC(=O)OCCOCCOCCOC(=O)C1C[C@@H]2C=C[C@H]1C2. The Morgan fingerprint density at radius 3 is 2.11 bits per heavy atom. The van der Waals surface area contributed by atoms with Gasteiger partial charge in [-0.1, -0.05) is 12.2 Å². The van der Waals surface area contributed by atoms with Crippen molar-refractivity contribution in [3.8, 4) is 0 Å². The molecule has 0 aliphatic heterocycles. The molecule has 8 nitrogen and oxygen atoms in total. The summed E-state index contributed by atoms with van der Waals surface area (Å²) in [5.41, 5.74) is 0. The fraction of sp³-hybridized carbons (Fsp3) is 0.737. The molecule has 152 valence electrons. The molecular formula is C19H28O8. The molecule has 1 saturated carbocycles. The van der Waals surface area contributed by atoms with Gasteiger partial charge in [-0.05, 0) is 31.1 Å². The molecule has 0 radical (unpaired) electrons. The number of allylic oxidation sites excluding steroid dienone is 2. The zero-order chi connectivity index (χ0) is 19.5. The van der Waals surface area contributed by atoms with E-state index < -0.39 is 11.9 Å². The van der Waals surface area contributed by atoms with Gasteiger partial charge in [-0.25, -0.2) is 0 Å². The van der Waals surface area contributed by atoms with Crippen LogP contribution in [-0.4, -0.2) is 62.7 Å². The molecule has 3 atom stereocenters. The number of rotatable bonds is 14. The van der Waals surface area contributed by atoms with E-state index in [1.807, 2.05) is 0 Å². The molecule has 0 spiro atoms. The number of aliphatic carboxylic acids is 1. The summed E-state index contributed by atoms with van der Waals surface area (Å²) in [6, 6.07) is 0. The van der Waals surface area contributed by atoms with E-state index in [-0.39, 0.29) is 51.0 Å². The summed E-state index contributed by atoms with van der Waals surface area (Å²) >= 11 is 0. The van der Waals surface area contributed by atoms with Gasteiger partial charge in [-0.15, -0.1) is 0 Å². The van der Waals surface area contributed by atoms with Crippen LogP contribution >= 0.6 is 0 Å². The van der Waals surface area contributed by atoms with Crippen LogP contribution in [0.15, 0.2) is 12.2 Å². The van der Waals surface area contributed by atoms with Crippen LogP contribution in [-0.2, 0) is 33.3 Å². The molecule has 0 aromatic carbocycles. The molecule has 0 aromatic heterocycles. The van der Waals surface area contributed by atoms with Gasteiger partial charge in [0, 0.05) is 12.8 Å². The maximum absolute atomic E-state index is 12.0. The minimum Gasteiger partial charge on any atom is -0.481 e. The molecule has 0 saturated heterocycles. The van der Waals surface area contributed by atoms with Crippen molar-refractivity contribution in [2.45, 2.75) is 32.1 Å². The van der Waals surface area contributed by atoms with E-state index in [0.29, 0.717) is 31.7 Å². The molecule has 8 heteroatoms. The first-order valence-electron chi connectivity index (χ1n) is 9.44. The Hall–Kier alpha value is -1.93. The quantitative estimate of drug-likeness (QED) is 0.273.